The van der Waals surface area contributed by atoms with Crippen molar-refractivity contribution in [1.82, 2.24) is 5.32 Å². The van der Waals surface area contributed by atoms with Crippen LogP contribution in [0.1, 0.15) is 5.56 Å². The third kappa shape index (κ3) is 3.72. The zero-order valence-electron chi connectivity index (χ0n) is 10.1. The van der Waals surface area contributed by atoms with Gasteiger partial charge in [-0.15, -0.1) is 0 Å². The minimum atomic E-state index is 0.707. The Morgan fingerprint density at radius 1 is 1.12 bits per heavy atom. The number of rotatable bonds is 7. The Hall–Kier alpha value is -1.26. The second-order valence-electron chi connectivity index (χ2n) is 3.35. The van der Waals surface area contributed by atoms with Crippen LogP contribution in [0.4, 0.5) is 0 Å². The molecule has 0 atom stereocenters. The van der Waals surface area contributed by atoms with Crippen LogP contribution in [0.3, 0.4) is 0 Å². The summed E-state index contributed by atoms with van der Waals surface area (Å²) in [7, 11) is 4.99. The molecule has 0 saturated heterocycles. The van der Waals surface area contributed by atoms with E-state index >= 15 is 0 Å². The fraction of sp³-hybridized carbons (Fsp3) is 0.500. The largest absolute Gasteiger partial charge is 0.497 e. The summed E-state index contributed by atoms with van der Waals surface area (Å²) in [5.74, 6) is 1.64. The Labute approximate surface area is 96.5 Å². The van der Waals surface area contributed by atoms with E-state index < -0.39 is 0 Å². The van der Waals surface area contributed by atoms with Gasteiger partial charge in [0, 0.05) is 31.8 Å². The van der Waals surface area contributed by atoms with Crippen LogP contribution in [0, 0.1) is 0 Å². The first-order valence-corrected chi connectivity index (χ1v) is 5.22. The lowest BCUT2D eigenvalue weighted by molar-refractivity contribution is 0.199. The Balaban J connectivity index is 2.57. The summed E-state index contributed by atoms with van der Waals surface area (Å²) in [5.41, 5.74) is 1.11. The maximum atomic E-state index is 5.29. The van der Waals surface area contributed by atoms with Crippen molar-refractivity contribution < 1.29 is 14.2 Å². The molecule has 0 aliphatic heterocycles. The molecule has 1 aromatic carbocycles. The topological polar surface area (TPSA) is 39.7 Å². The van der Waals surface area contributed by atoms with Crippen LogP contribution in [0.25, 0.3) is 0 Å². The van der Waals surface area contributed by atoms with Crippen LogP contribution in [0.2, 0.25) is 0 Å². The molecule has 1 N–H and O–H groups in total. The summed E-state index contributed by atoms with van der Waals surface area (Å²) in [6.07, 6.45) is 0. The van der Waals surface area contributed by atoms with E-state index in [1.165, 1.54) is 0 Å². The molecule has 4 heteroatoms. The van der Waals surface area contributed by atoms with Gasteiger partial charge in [-0.25, -0.2) is 0 Å². The smallest absolute Gasteiger partial charge is 0.127 e. The predicted octanol–water partition coefficient (Wildman–Crippen LogP) is 1.44. The van der Waals surface area contributed by atoms with Crippen molar-refractivity contribution in [2.75, 3.05) is 34.5 Å². The van der Waals surface area contributed by atoms with E-state index in [4.69, 9.17) is 14.2 Å². The van der Waals surface area contributed by atoms with Gasteiger partial charge in [0.05, 0.1) is 20.8 Å². The summed E-state index contributed by atoms with van der Waals surface area (Å²) >= 11 is 0. The van der Waals surface area contributed by atoms with Gasteiger partial charge < -0.3 is 19.5 Å². The van der Waals surface area contributed by atoms with Crippen LogP contribution in [0.15, 0.2) is 18.2 Å². The molecule has 0 spiro atoms. The zero-order chi connectivity index (χ0) is 11.8. The SMILES string of the molecule is COCCNCc1ccc(OC)cc1OC. The number of benzene rings is 1. The first-order valence-electron chi connectivity index (χ1n) is 5.22. The molecule has 16 heavy (non-hydrogen) atoms. The van der Waals surface area contributed by atoms with Gasteiger partial charge in [-0.1, -0.05) is 6.07 Å². The molecule has 90 valence electrons. The highest BCUT2D eigenvalue weighted by Crippen LogP contribution is 2.24. The van der Waals surface area contributed by atoms with Crippen molar-refractivity contribution in [3.05, 3.63) is 23.8 Å². The second-order valence-corrected chi connectivity index (χ2v) is 3.35. The van der Waals surface area contributed by atoms with Crippen molar-refractivity contribution >= 4 is 0 Å². The number of methoxy groups -OCH3 is 3. The molecule has 0 aliphatic carbocycles. The van der Waals surface area contributed by atoms with Gasteiger partial charge in [0.1, 0.15) is 11.5 Å². The first kappa shape index (κ1) is 12.8. The standard InChI is InChI=1S/C12H19NO3/c1-14-7-6-13-9-10-4-5-11(15-2)8-12(10)16-3/h4-5,8,13H,6-7,9H2,1-3H3. The molecule has 0 fully saturated rings. The van der Waals surface area contributed by atoms with Crippen molar-refractivity contribution in [1.29, 1.82) is 0 Å². The maximum Gasteiger partial charge on any atom is 0.127 e. The monoisotopic (exact) mass is 225 g/mol. The Morgan fingerprint density at radius 2 is 1.94 bits per heavy atom. The lowest BCUT2D eigenvalue weighted by Gasteiger charge is -2.11. The molecule has 0 bridgehead atoms. The molecule has 1 aromatic rings. The highest BCUT2D eigenvalue weighted by atomic mass is 16.5. The average Bonchev–Trinajstić information content (AvgIpc) is 2.34. The Kier molecular flexibility index (Phi) is 5.67. The Bertz CT molecular complexity index is 315. The molecule has 0 radical (unpaired) electrons. The molecular formula is C12H19NO3. The van der Waals surface area contributed by atoms with Crippen LogP contribution in [-0.4, -0.2) is 34.5 Å². The van der Waals surface area contributed by atoms with E-state index in [0.29, 0.717) is 6.61 Å². The van der Waals surface area contributed by atoms with Gasteiger partial charge in [0.2, 0.25) is 0 Å². The van der Waals surface area contributed by atoms with Gasteiger partial charge >= 0.3 is 0 Å². The van der Waals surface area contributed by atoms with E-state index in [1.807, 2.05) is 18.2 Å². The fourth-order valence-electron chi connectivity index (χ4n) is 1.40. The average molecular weight is 225 g/mol. The van der Waals surface area contributed by atoms with Crippen molar-refractivity contribution in [2.24, 2.45) is 0 Å². The zero-order valence-corrected chi connectivity index (χ0v) is 10.1. The number of nitrogens with one attached hydrogen (secondary N) is 1. The van der Waals surface area contributed by atoms with Crippen LogP contribution in [0.5, 0.6) is 11.5 Å². The number of hydrogen-bond acceptors (Lipinski definition) is 4. The summed E-state index contributed by atoms with van der Waals surface area (Å²) < 4.78 is 15.4. The molecule has 0 saturated carbocycles. The summed E-state index contributed by atoms with van der Waals surface area (Å²) in [6.45, 7) is 2.29. The highest BCUT2D eigenvalue weighted by Gasteiger charge is 2.04. The van der Waals surface area contributed by atoms with Gasteiger partial charge in [0.25, 0.3) is 0 Å². The predicted molar refractivity (Wildman–Crippen MR) is 63.1 cm³/mol. The lowest BCUT2D eigenvalue weighted by atomic mass is 10.2. The summed E-state index contributed by atoms with van der Waals surface area (Å²) in [4.78, 5) is 0. The maximum absolute atomic E-state index is 5.29. The quantitative estimate of drug-likeness (QED) is 0.713. The van der Waals surface area contributed by atoms with Crippen LogP contribution >= 0.6 is 0 Å². The van der Waals surface area contributed by atoms with E-state index in [-0.39, 0.29) is 0 Å². The third-order valence-corrected chi connectivity index (χ3v) is 2.29. The minimum Gasteiger partial charge on any atom is -0.497 e. The number of ether oxygens (including phenoxy) is 3. The molecule has 0 aliphatic rings. The summed E-state index contributed by atoms with van der Waals surface area (Å²) in [5, 5.41) is 3.27. The third-order valence-electron chi connectivity index (χ3n) is 2.29. The van der Waals surface area contributed by atoms with Crippen molar-refractivity contribution in [3.63, 3.8) is 0 Å². The van der Waals surface area contributed by atoms with Crippen molar-refractivity contribution in [3.8, 4) is 11.5 Å². The van der Waals surface area contributed by atoms with Crippen LogP contribution in [-0.2, 0) is 11.3 Å². The van der Waals surface area contributed by atoms with Crippen molar-refractivity contribution in [2.45, 2.75) is 6.54 Å². The van der Waals surface area contributed by atoms with E-state index in [9.17, 15) is 0 Å². The van der Waals surface area contributed by atoms with Crippen LogP contribution < -0.4 is 14.8 Å². The van der Waals surface area contributed by atoms with Gasteiger partial charge in [-0.3, -0.25) is 0 Å². The second kappa shape index (κ2) is 7.09. The molecule has 0 unspecified atom stereocenters. The first-order chi connectivity index (χ1) is 7.81. The number of hydrogen-bond donors (Lipinski definition) is 1. The Morgan fingerprint density at radius 3 is 2.56 bits per heavy atom. The normalized spacial score (nSPS) is 10.2. The minimum absolute atomic E-state index is 0.707. The molecule has 0 amide bonds. The molecule has 4 nitrogen and oxygen atoms in total. The summed E-state index contributed by atoms with van der Waals surface area (Å²) in [6, 6.07) is 5.81. The van der Waals surface area contributed by atoms with E-state index in [1.54, 1.807) is 21.3 Å². The van der Waals surface area contributed by atoms with E-state index in [2.05, 4.69) is 5.32 Å². The molecular weight excluding hydrogens is 206 g/mol. The fourth-order valence-corrected chi connectivity index (χ4v) is 1.40. The highest BCUT2D eigenvalue weighted by molar-refractivity contribution is 5.40. The van der Waals surface area contributed by atoms with Gasteiger partial charge in [-0.2, -0.15) is 0 Å². The molecule has 0 aromatic heterocycles. The molecule has 0 heterocycles. The lowest BCUT2D eigenvalue weighted by Crippen LogP contribution is -2.18. The van der Waals surface area contributed by atoms with Gasteiger partial charge in [-0.05, 0) is 6.07 Å². The molecule has 1 rings (SSSR count). The van der Waals surface area contributed by atoms with Gasteiger partial charge in [0.15, 0.2) is 0 Å². The van der Waals surface area contributed by atoms with E-state index in [0.717, 1.165) is 30.2 Å².